The van der Waals surface area contributed by atoms with Crippen molar-refractivity contribution in [2.45, 2.75) is 28.9 Å². The molecule has 3 aliphatic heterocycles. The third kappa shape index (κ3) is 8.68. The van der Waals surface area contributed by atoms with E-state index < -0.39 is 20.2 Å². The summed E-state index contributed by atoms with van der Waals surface area (Å²) in [4.78, 5) is 17.2. The molecule has 1 atom stereocenters. The third-order valence-electron chi connectivity index (χ3n) is 11.1. The number of nitrogens with zero attached hydrogens (tertiary/aromatic N) is 2. The molecule has 1 saturated heterocycles. The maximum absolute atomic E-state index is 12.0. The Hall–Kier alpha value is -6.78. The lowest BCUT2D eigenvalue weighted by atomic mass is 10.0. The molecule has 5 N–H and O–H groups in total. The molecule has 14 heteroatoms. The highest BCUT2D eigenvalue weighted by Crippen LogP contribution is 2.38. The van der Waals surface area contributed by atoms with Crippen molar-refractivity contribution in [3.05, 3.63) is 156 Å². The highest BCUT2D eigenvalue weighted by atomic mass is 32.2. The largest absolute Gasteiger partial charge is 0.367 e. The van der Waals surface area contributed by atoms with E-state index in [1.165, 1.54) is 37.1 Å². The van der Waals surface area contributed by atoms with E-state index in [-0.39, 0.29) is 9.79 Å². The molecule has 0 saturated carbocycles. The monoisotopic (exact) mass is 875 g/mol. The molecule has 0 amide bonds. The minimum atomic E-state index is -4.44. The van der Waals surface area contributed by atoms with E-state index in [9.17, 15) is 25.9 Å². The molecule has 3 aromatic heterocycles. The Bertz CT molecular complexity index is 3090. The number of H-pyrrole nitrogens is 2. The standard InChI is InChI=1S/C44H30N4O6S2.C5H11NO/c49-55(50,51)31-15-11-29(12-16-31)43-37-23-21-35(46-37)41(27-7-3-1-4-8-27)33-19-20-34(45-33)42(28-9-5-2-6-10-28)36-22-24-38(47-36)44(40-26-25-39(43)48-40)30-13-17-32(18-14-30)56(52,53)54;1-7-5-3-2-4-6-5/h1-26,46-47H,(H,49,50,51)(H,52,53,54);5-6H,2-4H2,1H3. The number of ether oxygens (including phenoxy) is 1. The van der Waals surface area contributed by atoms with Crippen molar-refractivity contribution in [2.24, 2.45) is 0 Å². The third-order valence-corrected chi connectivity index (χ3v) is 12.8. The number of aromatic nitrogens is 4. The van der Waals surface area contributed by atoms with Crippen LogP contribution in [0.3, 0.4) is 0 Å². The highest BCUT2D eigenvalue weighted by molar-refractivity contribution is 7.86. The van der Waals surface area contributed by atoms with Crippen LogP contribution in [0.5, 0.6) is 0 Å². The van der Waals surface area contributed by atoms with Crippen molar-refractivity contribution in [1.29, 1.82) is 0 Å². The van der Waals surface area contributed by atoms with Crippen molar-refractivity contribution in [2.75, 3.05) is 13.7 Å². The van der Waals surface area contributed by atoms with Crippen LogP contribution in [0.2, 0.25) is 0 Å². The SMILES string of the molecule is COC1CCCN1.O=S(=O)(O)c1ccc(-c2c3nc(c(-c4ccc(S(=O)(=O)O)cc4)c4ccc([nH]4)c(-c4ccccc4)c4nc(c(-c5ccccc5)c5ccc2[nH]5)C=C4)C=C3)cc1. The fraction of sp³-hybridized carbons (Fsp3) is 0.102. The van der Waals surface area contributed by atoms with Crippen LogP contribution in [-0.4, -0.2) is 65.8 Å². The molecule has 7 aromatic rings. The first-order chi connectivity index (χ1) is 30.4. The number of rotatable bonds is 7. The Balaban J connectivity index is 0.000000658. The number of nitrogens with one attached hydrogen (secondary N) is 3. The van der Waals surface area contributed by atoms with E-state index >= 15 is 0 Å². The Morgan fingerprint density at radius 2 is 0.825 bits per heavy atom. The van der Waals surface area contributed by atoms with Gasteiger partial charge in [0.2, 0.25) is 0 Å². The van der Waals surface area contributed by atoms with Gasteiger partial charge in [-0.3, -0.25) is 14.4 Å². The van der Waals surface area contributed by atoms with Crippen LogP contribution in [0.1, 0.15) is 35.6 Å². The molecule has 10 rings (SSSR count). The molecule has 0 spiro atoms. The van der Waals surface area contributed by atoms with Gasteiger partial charge in [-0.2, -0.15) is 16.8 Å². The van der Waals surface area contributed by atoms with Gasteiger partial charge in [-0.1, -0.05) is 84.9 Å². The van der Waals surface area contributed by atoms with E-state index in [0.29, 0.717) is 50.9 Å². The number of fused-ring (bicyclic) bond motifs is 8. The van der Waals surface area contributed by atoms with E-state index in [1.54, 1.807) is 31.4 Å². The summed E-state index contributed by atoms with van der Waals surface area (Å²) in [6.07, 6.45) is 10.5. The summed E-state index contributed by atoms with van der Waals surface area (Å²) in [5, 5.41) is 3.18. The lowest BCUT2D eigenvalue weighted by molar-refractivity contribution is 0.0912. The minimum absolute atomic E-state index is 0.241. The van der Waals surface area contributed by atoms with Gasteiger partial charge in [0.05, 0.1) is 32.6 Å². The molecule has 1 unspecified atom stereocenters. The maximum atomic E-state index is 12.0. The van der Waals surface area contributed by atoms with Gasteiger partial charge in [-0.25, -0.2) is 9.97 Å². The topological polar surface area (TPSA) is 187 Å². The van der Waals surface area contributed by atoms with Gasteiger partial charge in [0.15, 0.2) is 0 Å². The normalized spacial score (nSPS) is 14.7. The summed E-state index contributed by atoms with van der Waals surface area (Å²) < 4.78 is 72.4. The van der Waals surface area contributed by atoms with Crippen molar-refractivity contribution in [3.8, 4) is 44.5 Å². The van der Waals surface area contributed by atoms with Crippen LogP contribution >= 0.6 is 0 Å². The van der Waals surface area contributed by atoms with Crippen molar-refractivity contribution < 1.29 is 30.7 Å². The average molecular weight is 876 g/mol. The summed E-state index contributed by atoms with van der Waals surface area (Å²) in [6, 6.07) is 39.7. The minimum Gasteiger partial charge on any atom is -0.367 e. The van der Waals surface area contributed by atoms with Crippen LogP contribution in [0.15, 0.2) is 143 Å². The van der Waals surface area contributed by atoms with Crippen LogP contribution in [-0.2, 0) is 25.0 Å². The summed E-state index contributed by atoms with van der Waals surface area (Å²) in [6.45, 7) is 1.12. The van der Waals surface area contributed by atoms with Crippen LogP contribution in [0.25, 0.3) is 90.9 Å². The number of methoxy groups -OCH3 is 1. The summed E-state index contributed by atoms with van der Waals surface area (Å²) in [7, 11) is -7.14. The second-order valence-corrected chi connectivity index (χ2v) is 17.9. The van der Waals surface area contributed by atoms with E-state index in [1.807, 2.05) is 109 Å². The Labute approximate surface area is 364 Å². The lowest BCUT2D eigenvalue weighted by Gasteiger charge is -2.07. The first-order valence-electron chi connectivity index (χ1n) is 20.1. The molecular formula is C49H41N5O7S2. The van der Waals surface area contributed by atoms with E-state index in [0.717, 1.165) is 51.2 Å². The van der Waals surface area contributed by atoms with Gasteiger partial charge in [-0.05, 0) is 114 Å². The molecule has 6 heterocycles. The van der Waals surface area contributed by atoms with Gasteiger partial charge in [0, 0.05) is 51.4 Å². The van der Waals surface area contributed by atoms with Gasteiger partial charge >= 0.3 is 0 Å². The van der Waals surface area contributed by atoms with E-state index in [2.05, 4.69) is 15.3 Å². The number of aromatic amines is 2. The predicted octanol–water partition coefficient (Wildman–Crippen LogP) is 10.2. The fourth-order valence-electron chi connectivity index (χ4n) is 8.07. The molecule has 8 bridgehead atoms. The maximum Gasteiger partial charge on any atom is 0.294 e. The fourth-order valence-corrected chi connectivity index (χ4v) is 9.03. The number of benzene rings is 4. The zero-order valence-corrected chi connectivity index (χ0v) is 35.5. The summed E-state index contributed by atoms with van der Waals surface area (Å²) in [5.41, 5.74) is 11.8. The number of hydrogen-bond acceptors (Lipinski definition) is 8. The predicted molar refractivity (Wildman–Crippen MR) is 248 cm³/mol. The molecular weight excluding hydrogens is 835 g/mol. The smallest absolute Gasteiger partial charge is 0.294 e. The quantitative estimate of drug-likeness (QED) is 0.0965. The molecule has 1 fully saturated rings. The Morgan fingerprint density at radius 3 is 1.10 bits per heavy atom. The zero-order valence-electron chi connectivity index (χ0n) is 33.9. The second kappa shape index (κ2) is 17.2. The molecule has 0 radical (unpaired) electrons. The van der Waals surface area contributed by atoms with Gasteiger partial charge in [0.1, 0.15) is 6.23 Å². The molecule has 0 aliphatic carbocycles. The van der Waals surface area contributed by atoms with Crippen molar-refractivity contribution >= 4 is 66.6 Å². The van der Waals surface area contributed by atoms with Gasteiger partial charge in [0.25, 0.3) is 20.2 Å². The van der Waals surface area contributed by atoms with Gasteiger partial charge < -0.3 is 14.7 Å². The zero-order chi connectivity index (χ0) is 43.7. The van der Waals surface area contributed by atoms with Crippen LogP contribution in [0, 0.1) is 0 Å². The van der Waals surface area contributed by atoms with Gasteiger partial charge in [-0.15, -0.1) is 0 Å². The molecule has 12 nitrogen and oxygen atoms in total. The molecule has 316 valence electrons. The van der Waals surface area contributed by atoms with Crippen molar-refractivity contribution in [1.82, 2.24) is 25.3 Å². The Morgan fingerprint density at radius 1 is 0.492 bits per heavy atom. The molecule has 4 aromatic carbocycles. The Kier molecular flexibility index (Phi) is 11.3. The average Bonchev–Trinajstić information content (AvgIpc) is 4.15. The second-order valence-electron chi connectivity index (χ2n) is 15.1. The first-order valence-corrected chi connectivity index (χ1v) is 23.0. The summed E-state index contributed by atoms with van der Waals surface area (Å²) in [5.74, 6) is 0. The number of hydrogen-bond donors (Lipinski definition) is 5. The van der Waals surface area contributed by atoms with Crippen LogP contribution in [0.4, 0.5) is 0 Å². The summed E-state index contributed by atoms with van der Waals surface area (Å²) >= 11 is 0. The lowest BCUT2D eigenvalue weighted by Crippen LogP contribution is -2.22. The highest BCUT2D eigenvalue weighted by Gasteiger charge is 2.20. The first kappa shape index (κ1) is 41.6. The molecule has 63 heavy (non-hydrogen) atoms. The van der Waals surface area contributed by atoms with Crippen molar-refractivity contribution in [3.63, 3.8) is 0 Å². The van der Waals surface area contributed by atoms with E-state index in [4.69, 9.17) is 14.7 Å². The molecule has 3 aliphatic rings. The van der Waals surface area contributed by atoms with Crippen LogP contribution < -0.4 is 5.32 Å².